The first-order valence-electron chi connectivity index (χ1n) is 3.72. The van der Waals surface area contributed by atoms with Gasteiger partial charge in [0, 0.05) is 10.6 Å². The molecule has 1 unspecified atom stereocenters. The summed E-state index contributed by atoms with van der Waals surface area (Å²) in [5.41, 5.74) is 0. The molecule has 0 spiro atoms. The number of thioether (sulfide) groups is 1. The van der Waals surface area contributed by atoms with Gasteiger partial charge in [0.15, 0.2) is 0 Å². The summed E-state index contributed by atoms with van der Waals surface area (Å²) in [5, 5.41) is 17.3. The van der Waals surface area contributed by atoms with Crippen LogP contribution in [0.15, 0.2) is 0 Å². The molecule has 0 aliphatic heterocycles. The van der Waals surface area contributed by atoms with Gasteiger partial charge in [-0.3, -0.25) is 4.79 Å². The molecule has 0 aromatic carbocycles. The fourth-order valence-electron chi connectivity index (χ4n) is 0.792. The third-order valence-electron chi connectivity index (χ3n) is 1.42. The minimum absolute atomic E-state index is 0.000324. The van der Waals surface area contributed by atoms with E-state index in [0.717, 1.165) is 0 Å². The lowest BCUT2D eigenvalue weighted by molar-refractivity contribution is -0.137. The first-order chi connectivity index (χ1) is 5.89. The number of nitriles is 1. The topological polar surface area (TPSA) is 61.1 Å². The normalized spacial score (nSPS) is 14.2. The van der Waals surface area contributed by atoms with E-state index >= 15 is 0 Å². The molecule has 0 rings (SSSR count). The van der Waals surface area contributed by atoms with Gasteiger partial charge in [-0.2, -0.15) is 5.26 Å². The highest BCUT2D eigenvalue weighted by atomic mass is 32.2. The molecule has 13 heavy (non-hydrogen) atoms. The summed E-state index contributed by atoms with van der Waals surface area (Å²) >= 11 is 6.11. The smallest absolute Gasteiger partial charge is 0.303 e. The van der Waals surface area contributed by atoms with Crippen LogP contribution in [0.2, 0.25) is 0 Å². The minimum atomic E-state index is -0.885. The molecular weight excluding hydrogens is 206 g/mol. The second kappa shape index (κ2) is 5.20. The zero-order valence-electron chi connectivity index (χ0n) is 7.53. The maximum Gasteiger partial charge on any atom is 0.303 e. The molecule has 5 heteroatoms. The summed E-state index contributed by atoms with van der Waals surface area (Å²) in [7, 11) is 0. The average molecular weight is 217 g/mol. The highest BCUT2D eigenvalue weighted by molar-refractivity contribution is 8.24. The number of thiocarbonyl (C=S) groups is 1. The van der Waals surface area contributed by atoms with Crippen LogP contribution in [0.3, 0.4) is 0 Å². The highest BCUT2D eigenvalue weighted by Crippen LogP contribution is 2.30. The Kier molecular flexibility index (Phi) is 4.96. The minimum Gasteiger partial charge on any atom is -0.481 e. The summed E-state index contributed by atoms with van der Waals surface area (Å²) < 4.78 is -0.0426. The van der Waals surface area contributed by atoms with Crippen LogP contribution in [0.5, 0.6) is 0 Å². The van der Waals surface area contributed by atoms with Gasteiger partial charge in [0.25, 0.3) is 0 Å². The summed E-state index contributed by atoms with van der Waals surface area (Å²) in [6.45, 7) is 3.44. The quantitative estimate of drug-likeness (QED) is 0.731. The predicted octanol–water partition coefficient (Wildman–Crippen LogP) is 2.21. The van der Waals surface area contributed by atoms with E-state index in [4.69, 9.17) is 22.6 Å². The van der Waals surface area contributed by atoms with Gasteiger partial charge in [-0.05, 0) is 20.3 Å². The molecule has 0 saturated carbocycles. The Morgan fingerprint density at radius 3 is 2.62 bits per heavy atom. The number of carbonyl (C=O) groups is 1. The maximum atomic E-state index is 10.3. The standard InChI is InChI=1S/C8H11NO2S2/c1-6(12)13-8(2,5-9)4-3-7(10)11/h3-4H2,1-2H3,(H,10,11). The molecule has 72 valence electrons. The molecule has 0 fully saturated rings. The molecule has 0 amide bonds. The summed E-state index contributed by atoms with van der Waals surface area (Å²) in [4.78, 5) is 10.3. The summed E-state index contributed by atoms with van der Waals surface area (Å²) in [6.07, 6.45) is 0.317. The van der Waals surface area contributed by atoms with Crippen molar-refractivity contribution in [1.29, 1.82) is 5.26 Å². The molecule has 0 heterocycles. The van der Waals surface area contributed by atoms with Gasteiger partial charge in [0.05, 0.1) is 6.07 Å². The molecule has 0 saturated heterocycles. The maximum absolute atomic E-state index is 10.3. The fraction of sp³-hybridized carbons (Fsp3) is 0.625. The SMILES string of the molecule is CC(=S)SC(C)(C#N)CCC(=O)O. The van der Waals surface area contributed by atoms with Crippen molar-refractivity contribution in [1.82, 2.24) is 0 Å². The van der Waals surface area contributed by atoms with Crippen LogP contribution in [-0.2, 0) is 4.79 Å². The lowest BCUT2D eigenvalue weighted by Crippen LogP contribution is -2.20. The molecule has 1 atom stereocenters. The molecule has 1 N–H and O–H groups in total. The monoisotopic (exact) mass is 217 g/mol. The van der Waals surface area contributed by atoms with Crippen LogP contribution in [0.1, 0.15) is 26.7 Å². The van der Waals surface area contributed by atoms with E-state index in [0.29, 0.717) is 10.6 Å². The fourth-order valence-corrected chi connectivity index (χ4v) is 2.23. The summed E-state index contributed by atoms with van der Waals surface area (Å²) in [6, 6.07) is 2.08. The van der Waals surface area contributed by atoms with E-state index in [2.05, 4.69) is 6.07 Å². The molecule has 0 radical (unpaired) electrons. The van der Waals surface area contributed by atoms with Crippen LogP contribution >= 0.6 is 24.0 Å². The van der Waals surface area contributed by atoms with Gasteiger partial charge in [-0.1, -0.05) is 24.0 Å². The number of rotatable bonds is 4. The van der Waals surface area contributed by atoms with Gasteiger partial charge in [0.1, 0.15) is 4.75 Å². The lowest BCUT2D eigenvalue weighted by atomic mass is 10.1. The largest absolute Gasteiger partial charge is 0.481 e. The first-order valence-corrected chi connectivity index (χ1v) is 4.95. The molecule has 0 bridgehead atoms. The average Bonchev–Trinajstić information content (AvgIpc) is 2.00. The van der Waals surface area contributed by atoms with Crippen molar-refractivity contribution in [2.45, 2.75) is 31.4 Å². The van der Waals surface area contributed by atoms with Gasteiger partial charge in [-0.15, -0.1) is 0 Å². The van der Waals surface area contributed by atoms with E-state index in [1.54, 1.807) is 13.8 Å². The van der Waals surface area contributed by atoms with E-state index < -0.39 is 10.7 Å². The Morgan fingerprint density at radius 2 is 2.31 bits per heavy atom. The molecule has 3 nitrogen and oxygen atoms in total. The number of carboxylic acid groups (broad SMARTS) is 1. The van der Waals surface area contributed by atoms with Crippen molar-refractivity contribution >= 4 is 34.1 Å². The Labute approximate surface area is 87.1 Å². The van der Waals surface area contributed by atoms with Crippen molar-refractivity contribution in [3.8, 4) is 6.07 Å². The number of carboxylic acids is 1. The molecule has 0 aromatic heterocycles. The van der Waals surface area contributed by atoms with Crippen molar-refractivity contribution in [3.05, 3.63) is 0 Å². The molecule has 0 aromatic rings. The number of hydrogen-bond donors (Lipinski definition) is 1. The Morgan fingerprint density at radius 1 is 1.77 bits per heavy atom. The van der Waals surface area contributed by atoms with Crippen molar-refractivity contribution in [2.75, 3.05) is 0 Å². The van der Waals surface area contributed by atoms with Crippen molar-refractivity contribution < 1.29 is 9.90 Å². The Hall–Kier alpha value is -0.600. The van der Waals surface area contributed by atoms with Gasteiger partial charge < -0.3 is 5.11 Å². The van der Waals surface area contributed by atoms with E-state index in [-0.39, 0.29) is 6.42 Å². The third kappa shape index (κ3) is 5.61. The van der Waals surface area contributed by atoms with Gasteiger partial charge >= 0.3 is 5.97 Å². The van der Waals surface area contributed by atoms with Crippen LogP contribution in [0.4, 0.5) is 0 Å². The zero-order chi connectivity index (χ0) is 10.5. The Balaban J connectivity index is 4.22. The summed E-state index contributed by atoms with van der Waals surface area (Å²) in [5.74, 6) is -0.885. The third-order valence-corrected chi connectivity index (χ3v) is 2.70. The zero-order valence-corrected chi connectivity index (χ0v) is 9.17. The Bertz CT molecular complexity index is 259. The molecule has 0 aliphatic rings. The number of aliphatic carboxylic acids is 1. The van der Waals surface area contributed by atoms with E-state index in [1.165, 1.54) is 11.8 Å². The van der Waals surface area contributed by atoms with Crippen molar-refractivity contribution in [2.24, 2.45) is 0 Å². The first kappa shape index (κ1) is 12.4. The molecular formula is C8H11NO2S2. The number of hydrogen-bond acceptors (Lipinski definition) is 4. The van der Waals surface area contributed by atoms with Gasteiger partial charge in [0.2, 0.25) is 0 Å². The highest BCUT2D eigenvalue weighted by Gasteiger charge is 2.26. The lowest BCUT2D eigenvalue weighted by Gasteiger charge is -2.18. The van der Waals surface area contributed by atoms with E-state index in [9.17, 15) is 4.79 Å². The van der Waals surface area contributed by atoms with Crippen LogP contribution in [-0.4, -0.2) is 20.0 Å². The second-order valence-corrected chi connectivity index (χ2v) is 5.42. The van der Waals surface area contributed by atoms with Crippen LogP contribution in [0.25, 0.3) is 0 Å². The number of nitrogens with zero attached hydrogens (tertiary/aromatic N) is 1. The predicted molar refractivity (Wildman–Crippen MR) is 56.8 cm³/mol. The second-order valence-electron chi connectivity index (χ2n) is 2.83. The molecule has 0 aliphatic carbocycles. The van der Waals surface area contributed by atoms with Crippen LogP contribution < -0.4 is 0 Å². The van der Waals surface area contributed by atoms with E-state index in [1.807, 2.05) is 0 Å². The van der Waals surface area contributed by atoms with Crippen LogP contribution in [0, 0.1) is 11.3 Å². The van der Waals surface area contributed by atoms with Gasteiger partial charge in [-0.25, -0.2) is 0 Å². The van der Waals surface area contributed by atoms with Crippen molar-refractivity contribution in [3.63, 3.8) is 0 Å².